The molecule has 1 aromatic rings. The van der Waals surface area contributed by atoms with Gasteiger partial charge in [0.1, 0.15) is 0 Å². The van der Waals surface area contributed by atoms with E-state index in [4.69, 9.17) is 5.26 Å². The third kappa shape index (κ3) is 3.49. The van der Waals surface area contributed by atoms with Gasteiger partial charge in [-0.2, -0.15) is 5.26 Å². The Morgan fingerprint density at radius 1 is 1.29 bits per heavy atom. The highest BCUT2D eigenvalue weighted by Crippen LogP contribution is 2.22. The van der Waals surface area contributed by atoms with E-state index in [2.05, 4.69) is 63.9 Å². The van der Waals surface area contributed by atoms with E-state index in [-0.39, 0.29) is 5.92 Å². The number of benzene rings is 1. The minimum atomic E-state index is 0.0833. The van der Waals surface area contributed by atoms with E-state index in [0.29, 0.717) is 5.92 Å². The van der Waals surface area contributed by atoms with Gasteiger partial charge in [-0.15, -0.1) is 0 Å². The van der Waals surface area contributed by atoms with Crippen LogP contribution in [0.25, 0.3) is 0 Å². The first-order valence-corrected chi connectivity index (χ1v) is 6.13. The fourth-order valence-corrected chi connectivity index (χ4v) is 1.92. The van der Waals surface area contributed by atoms with E-state index in [1.165, 1.54) is 16.8 Å². The van der Waals surface area contributed by atoms with Crippen LogP contribution in [-0.4, -0.2) is 13.6 Å². The number of nitriles is 1. The Balaban J connectivity index is 2.86. The summed E-state index contributed by atoms with van der Waals surface area (Å²) < 4.78 is 0. The largest absolute Gasteiger partial charge is 0.373 e. The molecule has 0 saturated carbocycles. The van der Waals surface area contributed by atoms with Gasteiger partial charge in [0.05, 0.1) is 12.0 Å². The van der Waals surface area contributed by atoms with Crippen LogP contribution in [0.3, 0.4) is 0 Å². The highest BCUT2D eigenvalue weighted by Gasteiger charge is 2.16. The maximum atomic E-state index is 9.14. The SMILES string of the molecule is Cc1ccc(C)c(N(C)CC(C#N)C(C)C)c1. The van der Waals surface area contributed by atoms with Gasteiger partial charge >= 0.3 is 0 Å². The topological polar surface area (TPSA) is 27.0 Å². The van der Waals surface area contributed by atoms with Crippen LogP contribution in [0.2, 0.25) is 0 Å². The zero-order valence-corrected chi connectivity index (χ0v) is 11.5. The van der Waals surface area contributed by atoms with E-state index in [0.717, 1.165) is 6.54 Å². The van der Waals surface area contributed by atoms with Crippen LogP contribution in [0.4, 0.5) is 5.69 Å². The third-order valence-corrected chi connectivity index (χ3v) is 3.22. The minimum absolute atomic E-state index is 0.0833. The van der Waals surface area contributed by atoms with Gasteiger partial charge < -0.3 is 4.90 Å². The number of hydrogen-bond acceptors (Lipinski definition) is 2. The molecule has 0 spiro atoms. The van der Waals surface area contributed by atoms with Gasteiger partial charge in [-0.3, -0.25) is 0 Å². The molecule has 0 amide bonds. The molecular formula is C15H22N2. The predicted molar refractivity (Wildman–Crippen MR) is 73.1 cm³/mol. The van der Waals surface area contributed by atoms with E-state index in [1.54, 1.807) is 0 Å². The number of rotatable bonds is 4. The molecule has 2 nitrogen and oxygen atoms in total. The first kappa shape index (κ1) is 13.6. The Morgan fingerprint density at radius 3 is 2.47 bits per heavy atom. The van der Waals surface area contributed by atoms with Crippen LogP contribution in [0.5, 0.6) is 0 Å². The van der Waals surface area contributed by atoms with E-state index >= 15 is 0 Å². The summed E-state index contributed by atoms with van der Waals surface area (Å²) in [4.78, 5) is 2.19. The van der Waals surface area contributed by atoms with Gasteiger partial charge in [0.15, 0.2) is 0 Å². The zero-order valence-electron chi connectivity index (χ0n) is 11.5. The summed E-state index contributed by atoms with van der Waals surface area (Å²) in [5.41, 5.74) is 3.75. The van der Waals surface area contributed by atoms with Crippen LogP contribution in [0, 0.1) is 37.0 Å². The summed E-state index contributed by atoms with van der Waals surface area (Å²) >= 11 is 0. The lowest BCUT2D eigenvalue weighted by Crippen LogP contribution is -2.28. The van der Waals surface area contributed by atoms with Crippen molar-refractivity contribution in [3.8, 4) is 6.07 Å². The van der Waals surface area contributed by atoms with Gasteiger partial charge in [-0.05, 0) is 37.0 Å². The Hall–Kier alpha value is -1.49. The van der Waals surface area contributed by atoms with Crippen LogP contribution < -0.4 is 4.90 Å². The Bertz CT molecular complexity index is 415. The lowest BCUT2D eigenvalue weighted by molar-refractivity contribution is 0.477. The number of anilines is 1. The lowest BCUT2D eigenvalue weighted by atomic mass is 9.96. The number of hydrogen-bond donors (Lipinski definition) is 0. The second-order valence-electron chi connectivity index (χ2n) is 5.15. The van der Waals surface area contributed by atoms with E-state index in [9.17, 15) is 0 Å². The molecule has 0 bridgehead atoms. The van der Waals surface area contributed by atoms with Gasteiger partial charge in [-0.1, -0.05) is 26.0 Å². The van der Waals surface area contributed by atoms with Gasteiger partial charge in [-0.25, -0.2) is 0 Å². The molecular weight excluding hydrogens is 208 g/mol. The molecule has 92 valence electrons. The van der Waals surface area contributed by atoms with Crippen molar-refractivity contribution in [3.63, 3.8) is 0 Å². The van der Waals surface area contributed by atoms with Crippen molar-refractivity contribution in [2.45, 2.75) is 27.7 Å². The van der Waals surface area contributed by atoms with Crippen molar-refractivity contribution in [3.05, 3.63) is 29.3 Å². The summed E-state index contributed by atoms with van der Waals surface area (Å²) in [6, 6.07) is 8.84. The summed E-state index contributed by atoms with van der Waals surface area (Å²) in [5.74, 6) is 0.479. The van der Waals surface area contributed by atoms with Crippen molar-refractivity contribution in [1.29, 1.82) is 5.26 Å². The summed E-state index contributed by atoms with van der Waals surface area (Å²) in [5, 5.41) is 9.14. The average molecular weight is 230 g/mol. The molecule has 0 saturated heterocycles. The molecule has 17 heavy (non-hydrogen) atoms. The lowest BCUT2D eigenvalue weighted by Gasteiger charge is -2.25. The predicted octanol–water partition coefficient (Wildman–Crippen LogP) is 3.54. The van der Waals surface area contributed by atoms with E-state index < -0.39 is 0 Å². The molecule has 1 aromatic carbocycles. The summed E-state index contributed by atoms with van der Waals surface area (Å²) in [6.07, 6.45) is 0. The molecule has 0 aliphatic carbocycles. The zero-order chi connectivity index (χ0) is 13.0. The van der Waals surface area contributed by atoms with Crippen molar-refractivity contribution in [2.75, 3.05) is 18.5 Å². The molecule has 0 aliphatic heterocycles. The monoisotopic (exact) mass is 230 g/mol. The maximum Gasteiger partial charge on any atom is 0.0677 e. The third-order valence-electron chi connectivity index (χ3n) is 3.22. The number of aryl methyl sites for hydroxylation is 2. The smallest absolute Gasteiger partial charge is 0.0677 e. The van der Waals surface area contributed by atoms with Crippen molar-refractivity contribution in [1.82, 2.24) is 0 Å². The molecule has 0 fully saturated rings. The fourth-order valence-electron chi connectivity index (χ4n) is 1.92. The summed E-state index contributed by atoms with van der Waals surface area (Å²) in [6.45, 7) is 9.21. The quantitative estimate of drug-likeness (QED) is 0.791. The summed E-state index contributed by atoms with van der Waals surface area (Å²) in [7, 11) is 2.06. The van der Waals surface area contributed by atoms with E-state index in [1.807, 2.05) is 0 Å². The highest BCUT2D eigenvalue weighted by atomic mass is 15.1. The van der Waals surface area contributed by atoms with Crippen LogP contribution in [0.15, 0.2) is 18.2 Å². The highest BCUT2D eigenvalue weighted by molar-refractivity contribution is 5.54. The Morgan fingerprint density at radius 2 is 1.94 bits per heavy atom. The molecule has 0 N–H and O–H groups in total. The second kappa shape index (κ2) is 5.72. The standard InChI is InChI=1S/C15H22N2/c1-11(2)14(9-16)10-17(5)15-8-12(3)6-7-13(15)4/h6-8,11,14H,10H2,1-5H3. The maximum absolute atomic E-state index is 9.14. The van der Waals surface area contributed by atoms with Crippen LogP contribution >= 0.6 is 0 Å². The molecule has 0 heterocycles. The first-order chi connectivity index (χ1) is 7.95. The molecule has 1 unspecified atom stereocenters. The minimum Gasteiger partial charge on any atom is -0.373 e. The van der Waals surface area contributed by atoms with Gasteiger partial charge in [0, 0.05) is 19.3 Å². The van der Waals surface area contributed by atoms with Crippen molar-refractivity contribution in [2.24, 2.45) is 11.8 Å². The molecule has 0 aromatic heterocycles. The molecule has 0 radical (unpaired) electrons. The molecule has 1 atom stereocenters. The normalized spacial score (nSPS) is 12.3. The van der Waals surface area contributed by atoms with Crippen LogP contribution in [0.1, 0.15) is 25.0 Å². The van der Waals surface area contributed by atoms with Crippen LogP contribution in [-0.2, 0) is 0 Å². The second-order valence-corrected chi connectivity index (χ2v) is 5.15. The molecule has 1 rings (SSSR count). The van der Waals surface area contributed by atoms with Gasteiger partial charge in [0.25, 0.3) is 0 Å². The molecule has 2 heteroatoms. The Labute approximate surface area is 105 Å². The van der Waals surface area contributed by atoms with Crippen molar-refractivity contribution >= 4 is 5.69 Å². The van der Waals surface area contributed by atoms with Crippen molar-refractivity contribution < 1.29 is 0 Å². The number of nitrogens with zero attached hydrogens (tertiary/aromatic N) is 2. The fraction of sp³-hybridized carbons (Fsp3) is 0.533. The Kier molecular flexibility index (Phi) is 4.57. The average Bonchev–Trinajstić information content (AvgIpc) is 2.28. The molecule has 0 aliphatic rings. The van der Waals surface area contributed by atoms with Gasteiger partial charge in [0.2, 0.25) is 0 Å². The first-order valence-electron chi connectivity index (χ1n) is 6.13.